The molecule has 0 aromatic carbocycles. The molecule has 3 nitrogen and oxygen atoms in total. The second-order valence-electron chi connectivity index (χ2n) is 7.69. The third kappa shape index (κ3) is 47.1. The maximum Gasteiger partial charge on any atom is 0.138 e. The maximum absolute atomic E-state index is 7.00. The van der Waals surface area contributed by atoms with Gasteiger partial charge in [0.15, 0.2) is 0 Å². The Morgan fingerprint density at radius 2 is 1.34 bits per heavy atom. The first kappa shape index (κ1) is 47.5. The van der Waals surface area contributed by atoms with Gasteiger partial charge in [-0.3, -0.25) is 0 Å². The van der Waals surface area contributed by atoms with Crippen LogP contribution in [0.15, 0.2) is 28.4 Å². The van der Waals surface area contributed by atoms with Gasteiger partial charge in [0.1, 0.15) is 11.5 Å². The molecule has 216 valence electrons. The molecule has 1 N–H and O–H groups in total. The van der Waals surface area contributed by atoms with Crippen LogP contribution in [0.4, 0.5) is 0 Å². The van der Waals surface area contributed by atoms with Crippen LogP contribution < -0.4 is 0 Å². The summed E-state index contributed by atoms with van der Waals surface area (Å²) in [6.45, 7) is 30.3. The molecular weight excluding hydrogens is 450 g/mol. The van der Waals surface area contributed by atoms with E-state index in [1.807, 2.05) is 34.0 Å². The molecule has 35 heavy (non-hydrogen) atoms. The van der Waals surface area contributed by atoms with Crippen LogP contribution >= 0.6 is 11.9 Å². The summed E-state index contributed by atoms with van der Waals surface area (Å²) in [6.07, 6.45) is 16.2. The van der Waals surface area contributed by atoms with Crippen molar-refractivity contribution in [1.82, 2.24) is 0 Å². The van der Waals surface area contributed by atoms with Gasteiger partial charge in [-0.15, -0.1) is 0 Å². The number of aliphatic hydroxyl groups is 1. The Bertz CT molecular complexity index is 405. The average molecular weight is 520 g/mol. The molecule has 0 amide bonds. The number of ether oxygens (including phenoxy) is 1. The lowest BCUT2D eigenvalue weighted by Gasteiger charge is -2.13. The standard InChI is InChI=1S/C18H33NOS.C5H12.C3H8.2C2H6.CH4O/c1-6-9-11-13-15-20-16(4)18(19-21-5)17(8-3)14-12-10-7-2;1-4-5(2)3;1-3-2;3*1-2/h14H,4,6-13,15H2,1-3,5H3;5H,4H2,1-3H3;3H2,1-2H3;2*1-2H3;2H,1H3/b17-14+,19-18+;;;;;. The molecular formula is C31H69NO2S. The van der Waals surface area contributed by atoms with Gasteiger partial charge < -0.3 is 9.84 Å². The van der Waals surface area contributed by atoms with Gasteiger partial charge >= 0.3 is 0 Å². The first-order valence-corrected chi connectivity index (χ1v) is 15.6. The molecule has 0 aliphatic heterocycles. The molecule has 0 rings (SSSR count). The number of allylic oxidation sites excluding steroid dienone is 2. The van der Waals surface area contributed by atoms with Crippen LogP contribution in [0.25, 0.3) is 0 Å². The lowest BCUT2D eigenvalue weighted by Crippen LogP contribution is -2.09. The van der Waals surface area contributed by atoms with Crippen molar-refractivity contribution < 1.29 is 9.84 Å². The van der Waals surface area contributed by atoms with Crippen molar-refractivity contribution >= 4 is 17.7 Å². The molecule has 0 bridgehead atoms. The van der Waals surface area contributed by atoms with E-state index in [1.165, 1.54) is 62.5 Å². The van der Waals surface area contributed by atoms with Crippen LogP contribution in [-0.4, -0.2) is 30.8 Å². The second kappa shape index (κ2) is 50.2. The molecule has 0 aromatic rings. The average Bonchev–Trinajstić information content (AvgIpc) is 2.89. The van der Waals surface area contributed by atoms with E-state index >= 15 is 0 Å². The third-order valence-electron chi connectivity index (χ3n) is 4.17. The van der Waals surface area contributed by atoms with E-state index in [0.717, 1.165) is 50.4 Å². The smallest absolute Gasteiger partial charge is 0.138 e. The largest absolute Gasteiger partial charge is 0.492 e. The summed E-state index contributed by atoms with van der Waals surface area (Å²) < 4.78 is 10.3. The van der Waals surface area contributed by atoms with Gasteiger partial charge in [-0.05, 0) is 42.7 Å². The van der Waals surface area contributed by atoms with Crippen LogP contribution in [0.5, 0.6) is 0 Å². The third-order valence-corrected chi connectivity index (χ3v) is 4.54. The number of aliphatic hydroxyl groups excluding tert-OH is 1. The van der Waals surface area contributed by atoms with Gasteiger partial charge in [-0.25, -0.2) is 4.40 Å². The molecule has 0 saturated heterocycles. The predicted octanol–water partition coefficient (Wildman–Crippen LogP) is 11.5. The highest BCUT2D eigenvalue weighted by atomic mass is 32.2. The summed E-state index contributed by atoms with van der Waals surface area (Å²) in [5, 5.41) is 7.00. The molecule has 0 unspecified atom stereocenters. The molecule has 0 fully saturated rings. The summed E-state index contributed by atoms with van der Waals surface area (Å²) in [6, 6.07) is 0. The zero-order valence-corrected chi connectivity index (χ0v) is 27.7. The van der Waals surface area contributed by atoms with Crippen molar-refractivity contribution in [3.8, 4) is 0 Å². The van der Waals surface area contributed by atoms with E-state index in [2.05, 4.69) is 72.4 Å². The highest BCUT2D eigenvalue weighted by Gasteiger charge is 2.11. The second-order valence-corrected chi connectivity index (χ2v) is 8.24. The molecule has 0 spiro atoms. The van der Waals surface area contributed by atoms with Crippen molar-refractivity contribution in [2.45, 2.75) is 147 Å². The Hall–Kier alpha value is -0.740. The molecule has 4 heteroatoms. The van der Waals surface area contributed by atoms with Crippen LogP contribution in [0, 0.1) is 5.92 Å². The quantitative estimate of drug-likeness (QED) is 0.107. The fourth-order valence-corrected chi connectivity index (χ4v) is 2.46. The predicted molar refractivity (Wildman–Crippen MR) is 170 cm³/mol. The summed E-state index contributed by atoms with van der Waals surface area (Å²) in [5.74, 6) is 1.61. The summed E-state index contributed by atoms with van der Waals surface area (Å²) in [7, 11) is 1.00. The molecule has 0 heterocycles. The Balaban J connectivity index is -0.000000124. The highest BCUT2D eigenvalue weighted by molar-refractivity contribution is 7.97. The fourth-order valence-electron chi connectivity index (χ4n) is 2.06. The topological polar surface area (TPSA) is 41.8 Å². The van der Waals surface area contributed by atoms with Crippen molar-refractivity contribution in [2.75, 3.05) is 20.0 Å². The number of unbranched alkanes of at least 4 members (excludes halogenated alkanes) is 5. The van der Waals surface area contributed by atoms with E-state index < -0.39 is 0 Å². The first-order valence-electron chi connectivity index (χ1n) is 14.5. The van der Waals surface area contributed by atoms with Crippen molar-refractivity contribution in [3.63, 3.8) is 0 Å². The lowest BCUT2D eigenvalue weighted by atomic mass is 10.0. The van der Waals surface area contributed by atoms with Gasteiger partial charge in [-0.2, -0.15) is 0 Å². The minimum atomic E-state index is 0.727. The van der Waals surface area contributed by atoms with E-state index in [1.54, 1.807) is 0 Å². The van der Waals surface area contributed by atoms with Gasteiger partial charge in [0, 0.05) is 13.4 Å². The lowest BCUT2D eigenvalue weighted by molar-refractivity contribution is 0.224. The molecule has 0 saturated carbocycles. The number of nitrogens with zero attached hydrogens (tertiary/aromatic N) is 1. The first-order chi connectivity index (χ1) is 16.9. The van der Waals surface area contributed by atoms with Crippen LogP contribution in [0.3, 0.4) is 0 Å². The van der Waals surface area contributed by atoms with Gasteiger partial charge in [0.25, 0.3) is 0 Å². The Morgan fingerprint density at radius 1 is 0.886 bits per heavy atom. The summed E-state index contributed by atoms with van der Waals surface area (Å²) >= 11 is 1.47. The van der Waals surface area contributed by atoms with E-state index in [-0.39, 0.29) is 0 Å². The molecule has 0 atom stereocenters. The van der Waals surface area contributed by atoms with E-state index in [0.29, 0.717) is 0 Å². The van der Waals surface area contributed by atoms with Crippen molar-refractivity contribution in [2.24, 2.45) is 10.3 Å². The summed E-state index contributed by atoms with van der Waals surface area (Å²) in [4.78, 5) is 0. The normalized spacial score (nSPS) is 9.94. The molecule has 0 aliphatic carbocycles. The van der Waals surface area contributed by atoms with Crippen molar-refractivity contribution in [3.05, 3.63) is 24.0 Å². The molecule has 0 aliphatic rings. The number of rotatable bonds is 14. The zero-order valence-electron chi connectivity index (χ0n) is 26.9. The zero-order chi connectivity index (χ0) is 28.9. The van der Waals surface area contributed by atoms with Gasteiger partial charge in [0.2, 0.25) is 0 Å². The minimum absolute atomic E-state index is 0.727. The molecule has 0 aromatic heterocycles. The van der Waals surface area contributed by atoms with Crippen molar-refractivity contribution in [1.29, 1.82) is 0 Å². The minimum Gasteiger partial charge on any atom is -0.492 e. The Morgan fingerprint density at radius 3 is 1.69 bits per heavy atom. The van der Waals surface area contributed by atoms with Crippen LogP contribution in [-0.2, 0) is 4.74 Å². The summed E-state index contributed by atoms with van der Waals surface area (Å²) in [5.41, 5.74) is 2.20. The monoisotopic (exact) mass is 520 g/mol. The van der Waals surface area contributed by atoms with E-state index in [9.17, 15) is 0 Å². The van der Waals surface area contributed by atoms with Crippen LogP contribution in [0.1, 0.15) is 147 Å². The maximum atomic E-state index is 7.00. The molecule has 0 radical (unpaired) electrons. The number of hydrogen-bond donors (Lipinski definition) is 1. The Labute approximate surface area is 228 Å². The Kier molecular flexibility index (Phi) is 68.1. The highest BCUT2D eigenvalue weighted by Crippen LogP contribution is 2.17. The SMILES string of the molecule is C=C(OCCCCCC)C(=N\SC)/C(=C/CCCC)CC.CC.CC.CCC.CCC(C)C.CO. The number of hydrogen-bond acceptors (Lipinski definition) is 4. The van der Waals surface area contributed by atoms with Gasteiger partial charge in [0.05, 0.1) is 6.61 Å². The fraction of sp³-hybridized carbons (Fsp3) is 0.839. The van der Waals surface area contributed by atoms with E-state index in [4.69, 9.17) is 9.84 Å². The van der Waals surface area contributed by atoms with Gasteiger partial charge in [-0.1, -0.05) is 141 Å². The van der Waals surface area contributed by atoms with Crippen LogP contribution in [0.2, 0.25) is 0 Å².